The Kier molecular flexibility index (Phi) is 8.88. The molecule has 0 amide bonds. The van der Waals surface area contributed by atoms with Crippen molar-refractivity contribution in [1.29, 1.82) is 0 Å². The molecule has 2 N–H and O–H groups in total. The number of nitrogens with zero attached hydrogens (tertiary/aromatic N) is 1. The predicted molar refractivity (Wildman–Crippen MR) is 106 cm³/mol. The first-order valence-electron chi connectivity index (χ1n) is 10.2. The molecule has 0 saturated heterocycles. The number of nitrogens with one attached hydrogen (secondary N) is 1. The summed E-state index contributed by atoms with van der Waals surface area (Å²) in [6.07, 6.45) is -4.39. The van der Waals surface area contributed by atoms with Crippen LogP contribution in [0.4, 0.5) is 26.3 Å². The van der Waals surface area contributed by atoms with E-state index in [1.807, 2.05) is 0 Å². The van der Waals surface area contributed by atoms with E-state index in [9.17, 15) is 31.4 Å². The van der Waals surface area contributed by atoms with Gasteiger partial charge >= 0.3 is 12.4 Å². The van der Waals surface area contributed by atoms with Crippen LogP contribution >= 0.6 is 0 Å². The smallest absolute Gasteiger partial charge is 0.394 e. The van der Waals surface area contributed by atoms with Crippen LogP contribution in [-0.4, -0.2) is 23.2 Å². The molecule has 3 nitrogen and oxygen atoms in total. The molecule has 31 heavy (non-hydrogen) atoms. The summed E-state index contributed by atoms with van der Waals surface area (Å²) in [6, 6.07) is 5.36. The van der Waals surface area contributed by atoms with Crippen LogP contribution in [0.25, 0.3) is 11.3 Å². The van der Waals surface area contributed by atoms with Gasteiger partial charge in [-0.2, -0.15) is 26.3 Å². The second kappa shape index (κ2) is 10.9. The highest BCUT2D eigenvalue weighted by atomic mass is 19.4. The van der Waals surface area contributed by atoms with Crippen molar-refractivity contribution in [3.63, 3.8) is 0 Å². The van der Waals surface area contributed by atoms with Crippen molar-refractivity contribution >= 4 is 0 Å². The van der Waals surface area contributed by atoms with Crippen LogP contribution in [0, 0.1) is 0 Å². The fourth-order valence-corrected chi connectivity index (χ4v) is 3.25. The van der Waals surface area contributed by atoms with E-state index in [-0.39, 0.29) is 16.8 Å². The van der Waals surface area contributed by atoms with Crippen molar-refractivity contribution in [2.24, 2.45) is 0 Å². The molecule has 0 spiro atoms. The monoisotopic (exact) mass is 448 g/mol. The molecular weight excluding hydrogens is 422 g/mol. The maximum Gasteiger partial charge on any atom is 0.433 e. The molecule has 2 aromatic rings. The number of hydrogen-bond donors (Lipinski definition) is 2. The van der Waals surface area contributed by atoms with E-state index < -0.39 is 36.3 Å². The van der Waals surface area contributed by atoms with Crippen molar-refractivity contribution < 1.29 is 31.4 Å². The van der Waals surface area contributed by atoms with E-state index >= 15 is 0 Å². The topological polar surface area (TPSA) is 45.1 Å². The van der Waals surface area contributed by atoms with E-state index in [2.05, 4.69) is 17.2 Å². The molecule has 0 aliphatic carbocycles. The Morgan fingerprint density at radius 2 is 1.52 bits per heavy atom. The predicted octanol–water partition coefficient (Wildman–Crippen LogP) is 6.38. The van der Waals surface area contributed by atoms with Gasteiger partial charge in [0.25, 0.3) is 0 Å². The quantitative estimate of drug-likeness (QED) is 0.328. The molecule has 0 fully saturated rings. The van der Waals surface area contributed by atoms with Gasteiger partial charge in [0, 0.05) is 11.1 Å². The molecule has 172 valence electrons. The normalized spacial score (nSPS) is 13.4. The Morgan fingerprint density at radius 3 is 2.06 bits per heavy atom. The van der Waals surface area contributed by atoms with Crippen molar-refractivity contribution in [1.82, 2.24) is 10.3 Å². The number of aromatic nitrogens is 1. The van der Waals surface area contributed by atoms with Gasteiger partial charge in [0.1, 0.15) is 5.69 Å². The second-order valence-electron chi connectivity index (χ2n) is 7.31. The SMILES string of the molecule is CCCCCCCN[C@@H](CO)c1ccc(-c2ccc(C(F)(F)F)cc2)nc1C(F)(F)F. The third-order valence-electron chi connectivity index (χ3n) is 4.93. The van der Waals surface area contributed by atoms with Gasteiger partial charge in [-0.15, -0.1) is 0 Å². The van der Waals surface area contributed by atoms with E-state index in [1.54, 1.807) is 0 Å². The van der Waals surface area contributed by atoms with E-state index in [0.717, 1.165) is 56.4 Å². The summed E-state index contributed by atoms with van der Waals surface area (Å²) in [5.41, 5.74) is -2.22. The molecule has 1 heterocycles. The highest BCUT2D eigenvalue weighted by Gasteiger charge is 2.37. The lowest BCUT2D eigenvalue weighted by Crippen LogP contribution is -2.28. The molecule has 2 rings (SSSR count). The number of benzene rings is 1. The lowest BCUT2D eigenvalue weighted by atomic mass is 10.0. The van der Waals surface area contributed by atoms with Gasteiger partial charge < -0.3 is 10.4 Å². The molecule has 0 bridgehead atoms. The largest absolute Gasteiger partial charge is 0.433 e. The van der Waals surface area contributed by atoms with Crippen molar-refractivity contribution in [2.75, 3.05) is 13.2 Å². The van der Waals surface area contributed by atoms with Crippen molar-refractivity contribution in [2.45, 2.75) is 57.4 Å². The maximum absolute atomic E-state index is 13.7. The minimum absolute atomic E-state index is 0.0962. The van der Waals surface area contributed by atoms with Crippen LogP contribution in [0.1, 0.15) is 61.9 Å². The Hall–Kier alpha value is -2.13. The molecule has 0 radical (unpaired) electrons. The number of pyridine rings is 1. The number of hydrogen-bond acceptors (Lipinski definition) is 3. The summed E-state index contributed by atoms with van der Waals surface area (Å²) in [5, 5.41) is 12.6. The Labute approximate surface area is 177 Å². The van der Waals surface area contributed by atoms with Gasteiger partial charge in [-0.1, -0.05) is 50.8 Å². The zero-order chi connectivity index (χ0) is 23.1. The molecule has 1 aromatic heterocycles. The third-order valence-corrected chi connectivity index (χ3v) is 4.93. The first kappa shape index (κ1) is 25.1. The van der Waals surface area contributed by atoms with Crippen LogP contribution in [0.5, 0.6) is 0 Å². The summed E-state index contributed by atoms with van der Waals surface area (Å²) in [6.45, 7) is 1.99. The fraction of sp³-hybridized carbons (Fsp3) is 0.500. The Balaban J connectivity index is 2.24. The first-order chi connectivity index (χ1) is 14.6. The van der Waals surface area contributed by atoms with E-state index in [1.165, 1.54) is 12.1 Å². The zero-order valence-corrected chi connectivity index (χ0v) is 17.2. The molecular formula is C22H26F6N2O. The molecule has 0 saturated carbocycles. The van der Waals surface area contributed by atoms with Crippen molar-refractivity contribution in [3.05, 3.63) is 53.2 Å². The summed E-state index contributed by atoms with van der Waals surface area (Å²) in [7, 11) is 0. The average Bonchev–Trinajstić information content (AvgIpc) is 2.72. The molecule has 0 unspecified atom stereocenters. The Morgan fingerprint density at radius 1 is 0.871 bits per heavy atom. The summed E-state index contributed by atoms with van der Waals surface area (Å²) < 4.78 is 79.2. The van der Waals surface area contributed by atoms with Crippen LogP contribution in [0.3, 0.4) is 0 Å². The van der Waals surface area contributed by atoms with Gasteiger partial charge in [-0.05, 0) is 31.2 Å². The first-order valence-corrected chi connectivity index (χ1v) is 10.2. The lowest BCUT2D eigenvalue weighted by Gasteiger charge is -2.21. The van der Waals surface area contributed by atoms with Gasteiger partial charge in [0.05, 0.1) is 23.9 Å². The number of rotatable bonds is 10. The number of aliphatic hydroxyl groups excluding tert-OH is 1. The van der Waals surface area contributed by atoms with Crippen LogP contribution in [0.15, 0.2) is 36.4 Å². The molecule has 9 heteroatoms. The number of aliphatic hydroxyl groups is 1. The molecule has 1 atom stereocenters. The second-order valence-corrected chi connectivity index (χ2v) is 7.31. The van der Waals surface area contributed by atoms with Gasteiger partial charge in [0.2, 0.25) is 0 Å². The van der Waals surface area contributed by atoms with Crippen LogP contribution in [-0.2, 0) is 12.4 Å². The minimum Gasteiger partial charge on any atom is -0.394 e. The van der Waals surface area contributed by atoms with Gasteiger partial charge in [0.15, 0.2) is 0 Å². The average molecular weight is 448 g/mol. The summed E-state index contributed by atoms with van der Waals surface area (Å²) in [4.78, 5) is 3.69. The standard InChI is InChI=1S/C22H26F6N2O/c1-2-3-4-5-6-13-29-19(14-31)17-11-12-18(30-20(17)22(26,27)28)15-7-9-16(10-8-15)21(23,24)25/h7-12,19,29,31H,2-6,13-14H2,1H3/t19-/m0/s1. The summed E-state index contributed by atoms with van der Waals surface area (Å²) >= 11 is 0. The highest BCUT2D eigenvalue weighted by molar-refractivity contribution is 5.60. The van der Waals surface area contributed by atoms with E-state index in [4.69, 9.17) is 0 Å². The summed E-state index contributed by atoms with van der Waals surface area (Å²) in [5.74, 6) is 0. The lowest BCUT2D eigenvalue weighted by molar-refractivity contribution is -0.142. The molecule has 0 aliphatic rings. The maximum atomic E-state index is 13.7. The van der Waals surface area contributed by atoms with Crippen LogP contribution in [0.2, 0.25) is 0 Å². The minimum atomic E-state index is -4.78. The fourth-order valence-electron chi connectivity index (χ4n) is 3.25. The number of halogens is 6. The van der Waals surface area contributed by atoms with E-state index in [0.29, 0.717) is 6.54 Å². The van der Waals surface area contributed by atoms with Crippen LogP contribution < -0.4 is 5.32 Å². The van der Waals surface area contributed by atoms with Crippen molar-refractivity contribution in [3.8, 4) is 11.3 Å². The third kappa shape index (κ3) is 7.21. The number of unbranched alkanes of at least 4 members (excludes halogenated alkanes) is 4. The van der Waals surface area contributed by atoms with Gasteiger partial charge in [-0.25, -0.2) is 4.98 Å². The Bertz CT molecular complexity index is 818. The zero-order valence-electron chi connectivity index (χ0n) is 17.2. The number of alkyl halides is 6. The van der Waals surface area contributed by atoms with Gasteiger partial charge in [-0.3, -0.25) is 0 Å². The highest BCUT2D eigenvalue weighted by Crippen LogP contribution is 2.36. The molecule has 1 aromatic carbocycles. The molecule has 0 aliphatic heterocycles.